The van der Waals surface area contributed by atoms with Crippen molar-refractivity contribution in [3.05, 3.63) is 0 Å². The maximum Gasteiger partial charge on any atom is 0.460 e. The van der Waals surface area contributed by atoms with Crippen molar-refractivity contribution in [2.45, 2.75) is 42.2 Å². The number of hydrogen-bond acceptors (Lipinski definition) is 1. The fourth-order valence-corrected chi connectivity index (χ4v) is 1.41. The van der Waals surface area contributed by atoms with E-state index in [1.807, 2.05) is 0 Å². The van der Waals surface area contributed by atoms with Gasteiger partial charge in [-0.1, -0.05) is 0 Å². The van der Waals surface area contributed by atoms with E-state index in [1.54, 1.807) is 0 Å². The lowest BCUT2D eigenvalue weighted by atomic mass is 9.83. The Labute approximate surface area is 119 Å². The summed E-state index contributed by atoms with van der Waals surface area (Å²) in [4.78, 5) is 0. The van der Waals surface area contributed by atoms with Crippen molar-refractivity contribution in [3.8, 4) is 0 Å². The molecule has 0 fully saturated rings. The van der Waals surface area contributed by atoms with Gasteiger partial charge in [0.2, 0.25) is 0 Å². The summed E-state index contributed by atoms with van der Waals surface area (Å²) >= 11 is 0. The maximum absolute atomic E-state index is 13.5. The first-order valence-electron chi connectivity index (χ1n) is 5.26. The Morgan fingerprint density at radius 2 is 1.00 bits per heavy atom. The summed E-state index contributed by atoms with van der Waals surface area (Å²) in [5, 5.41) is 0. The van der Waals surface area contributed by atoms with Crippen molar-refractivity contribution in [1.82, 2.24) is 0 Å². The van der Waals surface area contributed by atoms with Crippen LogP contribution in [0.4, 0.5) is 57.1 Å². The van der Waals surface area contributed by atoms with Crippen LogP contribution in [0.15, 0.2) is 0 Å². The molecule has 0 aliphatic rings. The van der Waals surface area contributed by atoms with Crippen LogP contribution in [-0.4, -0.2) is 49.5 Å². The van der Waals surface area contributed by atoms with Crippen molar-refractivity contribution < 1.29 is 61.8 Å². The van der Waals surface area contributed by atoms with E-state index in [4.69, 9.17) is 0 Å². The molecule has 1 unspecified atom stereocenters. The molecule has 23 heavy (non-hydrogen) atoms. The van der Waals surface area contributed by atoms with Gasteiger partial charge in [0, 0.05) is 13.5 Å². The van der Waals surface area contributed by atoms with Gasteiger partial charge < -0.3 is 4.74 Å². The Morgan fingerprint density at radius 1 is 0.609 bits per heavy atom. The van der Waals surface area contributed by atoms with Gasteiger partial charge in [-0.15, -0.1) is 0 Å². The average molecular weight is 378 g/mol. The molecule has 0 aromatic rings. The van der Waals surface area contributed by atoms with Crippen molar-refractivity contribution >= 4 is 0 Å². The third-order valence-corrected chi connectivity index (χ3v) is 2.70. The number of rotatable bonds is 6. The Bertz CT molecular complexity index is 409. The summed E-state index contributed by atoms with van der Waals surface area (Å²) in [6.07, 6.45) is -17.4. The molecule has 1 nitrogen and oxygen atoms in total. The molecule has 0 saturated heterocycles. The lowest BCUT2D eigenvalue weighted by Gasteiger charge is -2.42. The lowest BCUT2D eigenvalue weighted by molar-refractivity contribution is -0.440. The first kappa shape index (κ1) is 22.1. The Hall–Kier alpha value is -0.950. The van der Waals surface area contributed by atoms with Crippen LogP contribution in [0, 0.1) is 0 Å². The zero-order valence-corrected chi connectivity index (χ0v) is 10.7. The van der Waals surface area contributed by atoms with E-state index in [0.717, 1.165) is 0 Å². The average Bonchev–Trinajstić information content (AvgIpc) is 2.31. The minimum Gasteiger partial charge on any atom is -0.384 e. The molecule has 0 aliphatic heterocycles. The second-order valence-corrected chi connectivity index (χ2v) is 4.25. The van der Waals surface area contributed by atoms with E-state index in [1.165, 1.54) is 0 Å². The number of hydrogen-bond donors (Lipinski definition) is 0. The maximum atomic E-state index is 13.5. The monoisotopic (exact) mass is 378 g/mol. The summed E-state index contributed by atoms with van der Waals surface area (Å²) in [7, 11) is 0.562. The standard InChI is InChI=1S/C9H7F13O/c1-23-3-2-4(10,11)5(12,8(17,18)19)6(13,14)7(15,16)9(20,21)22/h2-3H2,1H3. The summed E-state index contributed by atoms with van der Waals surface area (Å²) in [6.45, 7) is -1.53. The summed E-state index contributed by atoms with van der Waals surface area (Å²) < 4.78 is 168. The second-order valence-electron chi connectivity index (χ2n) is 4.25. The number of methoxy groups -OCH3 is 1. The minimum atomic E-state index is -7.85. The molecule has 0 aromatic carbocycles. The zero-order chi connectivity index (χ0) is 19.1. The molecule has 0 spiro atoms. The zero-order valence-electron chi connectivity index (χ0n) is 10.7. The van der Waals surface area contributed by atoms with Crippen molar-refractivity contribution in [3.63, 3.8) is 0 Å². The van der Waals surface area contributed by atoms with Crippen LogP contribution in [-0.2, 0) is 4.74 Å². The van der Waals surface area contributed by atoms with Gasteiger partial charge >= 0.3 is 29.9 Å². The van der Waals surface area contributed by atoms with Crippen LogP contribution in [0.1, 0.15) is 6.42 Å². The Kier molecular flexibility index (Phi) is 5.60. The number of ether oxygens (including phenoxy) is 1. The van der Waals surface area contributed by atoms with E-state index in [2.05, 4.69) is 4.74 Å². The first-order valence-corrected chi connectivity index (χ1v) is 5.26. The Balaban J connectivity index is 6.42. The second kappa shape index (κ2) is 5.84. The molecule has 140 valence electrons. The van der Waals surface area contributed by atoms with Crippen molar-refractivity contribution in [1.29, 1.82) is 0 Å². The minimum absolute atomic E-state index is 0.562. The summed E-state index contributed by atoms with van der Waals surface area (Å²) in [5.41, 5.74) is -7.50. The quantitative estimate of drug-likeness (QED) is 0.606. The molecule has 0 rings (SSSR count). The smallest absolute Gasteiger partial charge is 0.384 e. The highest BCUT2D eigenvalue weighted by Gasteiger charge is 2.92. The SMILES string of the molecule is COCCC(F)(F)C(F)(C(F)(F)F)C(F)(F)C(F)(F)C(F)(F)F. The highest BCUT2D eigenvalue weighted by Crippen LogP contribution is 2.62. The lowest BCUT2D eigenvalue weighted by Crippen LogP contribution is -2.73. The van der Waals surface area contributed by atoms with Gasteiger partial charge in [-0.25, -0.2) is 13.2 Å². The fraction of sp³-hybridized carbons (Fsp3) is 1.00. The van der Waals surface area contributed by atoms with Crippen molar-refractivity contribution in [2.75, 3.05) is 13.7 Å². The molecule has 0 amide bonds. The normalized spacial score (nSPS) is 18.0. The summed E-state index contributed by atoms with van der Waals surface area (Å²) in [5.74, 6) is -21.9. The van der Waals surface area contributed by atoms with Gasteiger partial charge in [0.25, 0.3) is 5.92 Å². The molecular weight excluding hydrogens is 371 g/mol. The first-order chi connectivity index (χ1) is 9.81. The van der Waals surface area contributed by atoms with E-state index >= 15 is 0 Å². The van der Waals surface area contributed by atoms with Crippen LogP contribution >= 0.6 is 0 Å². The molecule has 0 N–H and O–H groups in total. The molecule has 0 heterocycles. The van der Waals surface area contributed by atoms with Gasteiger partial charge in [0.1, 0.15) is 0 Å². The van der Waals surface area contributed by atoms with Gasteiger partial charge in [-0.2, -0.15) is 43.9 Å². The molecule has 0 bridgehead atoms. The molecule has 14 heteroatoms. The van der Waals surface area contributed by atoms with Crippen LogP contribution in [0.3, 0.4) is 0 Å². The van der Waals surface area contributed by atoms with E-state index in [0.29, 0.717) is 7.11 Å². The largest absolute Gasteiger partial charge is 0.460 e. The van der Waals surface area contributed by atoms with Gasteiger partial charge in [0.05, 0.1) is 6.61 Å². The molecule has 1 atom stereocenters. The van der Waals surface area contributed by atoms with Crippen molar-refractivity contribution in [2.24, 2.45) is 0 Å². The van der Waals surface area contributed by atoms with E-state index in [-0.39, 0.29) is 0 Å². The third-order valence-electron chi connectivity index (χ3n) is 2.70. The van der Waals surface area contributed by atoms with Crippen LogP contribution in [0.5, 0.6) is 0 Å². The van der Waals surface area contributed by atoms with Gasteiger partial charge in [0.15, 0.2) is 0 Å². The molecule has 0 aromatic heterocycles. The van der Waals surface area contributed by atoms with E-state index in [9.17, 15) is 57.1 Å². The predicted molar refractivity (Wildman–Crippen MR) is 47.3 cm³/mol. The molecule has 0 radical (unpaired) electrons. The third kappa shape index (κ3) is 3.18. The van der Waals surface area contributed by atoms with Crippen LogP contribution < -0.4 is 0 Å². The highest BCUT2D eigenvalue weighted by molar-refractivity contribution is 5.15. The molecule has 0 saturated carbocycles. The van der Waals surface area contributed by atoms with Crippen LogP contribution in [0.2, 0.25) is 0 Å². The highest BCUT2D eigenvalue weighted by atomic mass is 19.4. The van der Waals surface area contributed by atoms with E-state index < -0.39 is 48.8 Å². The van der Waals surface area contributed by atoms with Crippen LogP contribution in [0.25, 0.3) is 0 Å². The fourth-order valence-electron chi connectivity index (χ4n) is 1.41. The predicted octanol–water partition coefficient (Wildman–Crippen LogP) is 4.76. The molecular formula is C9H7F13O. The number of halogens is 13. The van der Waals surface area contributed by atoms with Gasteiger partial charge in [-0.3, -0.25) is 0 Å². The topological polar surface area (TPSA) is 9.23 Å². The van der Waals surface area contributed by atoms with Gasteiger partial charge in [-0.05, 0) is 0 Å². The molecule has 0 aliphatic carbocycles. The number of alkyl halides is 13. The summed E-state index contributed by atoms with van der Waals surface area (Å²) in [6, 6.07) is 0. The Morgan fingerprint density at radius 3 is 1.26 bits per heavy atom.